The van der Waals surface area contributed by atoms with Gasteiger partial charge in [-0.2, -0.15) is 4.31 Å². The van der Waals surface area contributed by atoms with Crippen LogP contribution in [0.5, 0.6) is 0 Å². The molecule has 0 atom stereocenters. The fraction of sp³-hybridized carbons (Fsp3) is 0.636. The number of anilines is 1. The summed E-state index contributed by atoms with van der Waals surface area (Å²) < 4.78 is 26.8. The second kappa shape index (κ2) is 4.48. The molecule has 7 heteroatoms. The topological polar surface area (TPSA) is 66.6 Å². The van der Waals surface area contributed by atoms with Crippen LogP contribution in [0.25, 0.3) is 0 Å². The summed E-state index contributed by atoms with van der Waals surface area (Å²) in [5, 5.41) is 1.66. The summed E-state index contributed by atoms with van der Waals surface area (Å²) in [6, 6.07) is 1.53. The predicted molar refractivity (Wildman–Crippen MR) is 74.2 cm³/mol. The molecule has 0 saturated carbocycles. The van der Waals surface area contributed by atoms with Crippen molar-refractivity contribution in [3.05, 3.63) is 11.4 Å². The molecule has 1 fully saturated rings. The molecule has 1 aromatic heterocycles. The van der Waals surface area contributed by atoms with E-state index in [9.17, 15) is 8.42 Å². The average Bonchev–Trinajstić information content (AvgIpc) is 2.69. The minimum Gasteiger partial charge on any atom is -0.398 e. The van der Waals surface area contributed by atoms with Crippen LogP contribution < -0.4 is 5.73 Å². The first-order valence-corrected chi connectivity index (χ1v) is 8.11. The summed E-state index contributed by atoms with van der Waals surface area (Å²) >= 11 is 1.18. The van der Waals surface area contributed by atoms with Gasteiger partial charge >= 0.3 is 0 Å². The van der Waals surface area contributed by atoms with Gasteiger partial charge in [-0.3, -0.25) is 4.90 Å². The molecule has 18 heavy (non-hydrogen) atoms. The largest absolute Gasteiger partial charge is 0.398 e. The molecule has 1 aliphatic rings. The van der Waals surface area contributed by atoms with E-state index in [1.807, 2.05) is 7.05 Å². The second-order valence-electron chi connectivity index (χ2n) is 5.27. The van der Waals surface area contributed by atoms with Gasteiger partial charge in [0.1, 0.15) is 4.21 Å². The standard InChI is InChI=1S/C11H19N3O2S2/c1-11(2)8-14(5-4-13(11)3)18(15,16)10-6-9(12)7-17-10/h6-7H,4-5,8,12H2,1-3H3. The fourth-order valence-electron chi connectivity index (χ4n) is 1.99. The highest BCUT2D eigenvalue weighted by atomic mass is 32.2. The van der Waals surface area contributed by atoms with Crippen LogP contribution >= 0.6 is 11.3 Å². The molecule has 2 N–H and O–H groups in total. The van der Waals surface area contributed by atoms with Crippen molar-refractivity contribution in [3.63, 3.8) is 0 Å². The number of hydrogen-bond acceptors (Lipinski definition) is 5. The summed E-state index contributed by atoms with van der Waals surface area (Å²) in [5.41, 5.74) is 5.96. The van der Waals surface area contributed by atoms with Gasteiger partial charge in [-0.15, -0.1) is 11.3 Å². The zero-order valence-corrected chi connectivity index (χ0v) is 12.5. The molecule has 5 nitrogen and oxygen atoms in total. The number of thiophene rings is 1. The van der Waals surface area contributed by atoms with Gasteiger partial charge in [0.05, 0.1) is 0 Å². The highest BCUT2D eigenvalue weighted by Crippen LogP contribution is 2.28. The number of piperazine rings is 1. The number of rotatable bonds is 2. The highest BCUT2D eigenvalue weighted by molar-refractivity contribution is 7.91. The SMILES string of the molecule is CN1CCN(S(=O)(=O)c2cc(N)cs2)CC1(C)C. The van der Waals surface area contributed by atoms with Gasteiger partial charge < -0.3 is 5.73 Å². The number of nitrogens with two attached hydrogens (primary N) is 1. The molecule has 2 heterocycles. The molecule has 0 radical (unpaired) electrons. The van der Waals surface area contributed by atoms with Crippen LogP contribution in [0.3, 0.4) is 0 Å². The van der Waals surface area contributed by atoms with E-state index in [2.05, 4.69) is 18.7 Å². The number of nitrogens with zero attached hydrogens (tertiary/aromatic N) is 2. The molecule has 0 unspecified atom stereocenters. The van der Waals surface area contributed by atoms with Crippen LogP contribution in [0.1, 0.15) is 13.8 Å². The summed E-state index contributed by atoms with van der Waals surface area (Å²) in [5.74, 6) is 0. The van der Waals surface area contributed by atoms with Crippen LogP contribution in [0.15, 0.2) is 15.7 Å². The molecule has 0 aromatic carbocycles. The van der Waals surface area contributed by atoms with E-state index in [1.54, 1.807) is 9.69 Å². The Bertz CT molecular complexity index is 536. The molecule has 102 valence electrons. The van der Waals surface area contributed by atoms with E-state index < -0.39 is 10.0 Å². The second-order valence-corrected chi connectivity index (χ2v) is 8.35. The highest BCUT2D eigenvalue weighted by Gasteiger charge is 2.37. The van der Waals surface area contributed by atoms with Crippen molar-refractivity contribution in [3.8, 4) is 0 Å². The van der Waals surface area contributed by atoms with Gasteiger partial charge in [0, 0.05) is 36.2 Å². The maximum absolute atomic E-state index is 12.5. The molecule has 1 saturated heterocycles. The number of likely N-dealkylation sites (N-methyl/N-ethyl adjacent to an activating group) is 1. The Morgan fingerprint density at radius 3 is 2.56 bits per heavy atom. The molecule has 0 aliphatic carbocycles. The van der Waals surface area contributed by atoms with E-state index in [-0.39, 0.29) is 5.54 Å². The van der Waals surface area contributed by atoms with Crippen LogP contribution in [-0.4, -0.2) is 49.8 Å². The Hall–Kier alpha value is -0.630. The zero-order chi connectivity index (χ0) is 13.6. The van der Waals surface area contributed by atoms with Gasteiger partial charge in [-0.25, -0.2) is 8.42 Å². The lowest BCUT2D eigenvalue weighted by Gasteiger charge is -2.44. The van der Waals surface area contributed by atoms with Crippen LogP contribution in [0.2, 0.25) is 0 Å². The van der Waals surface area contributed by atoms with Gasteiger partial charge in [0.25, 0.3) is 10.0 Å². The van der Waals surface area contributed by atoms with Crippen LogP contribution in [-0.2, 0) is 10.0 Å². The quantitative estimate of drug-likeness (QED) is 0.883. The minimum absolute atomic E-state index is 0.145. The third-order valence-electron chi connectivity index (χ3n) is 3.47. The molecule has 1 aliphatic heterocycles. The smallest absolute Gasteiger partial charge is 0.252 e. The Morgan fingerprint density at radius 2 is 2.06 bits per heavy atom. The average molecular weight is 289 g/mol. The summed E-state index contributed by atoms with van der Waals surface area (Å²) in [6.07, 6.45) is 0. The molecule has 0 bridgehead atoms. The first kappa shape index (κ1) is 13.8. The summed E-state index contributed by atoms with van der Waals surface area (Å²) in [7, 11) is -1.37. The molecule has 0 spiro atoms. The lowest BCUT2D eigenvalue weighted by molar-refractivity contribution is 0.0802. The lowest BCUT2D eigenvalue weighted by atomic mass is 10.0. The van der Waals surface area contributed by atoms with Crippen molar-refractivity contribution < 1.29 is 8.42 Å². The van der Waals surface area contributed by atoms with Gasteiger partial charge in [0.15, 0.2) is 0 Å². The third kappa shape index (κ3) is 2.40. The van der Waals surface area contributed by atoms with Gasteiger partial charge in [-0.05, 0) is 27.0 Å². The van der Waals surface area contributed by atoms with Crippen molar-refractivity contribution in [2.75, 3.05) is 32.4 Å². The Labute approximate surface area is 112 Å². The van der Waals surface area contributed by atoms with Crippen molar-refractivity contribution in [1.82, 2.24) is 9.21 Å². The minimum atomic E-state index is -3.39. The Kier molecular flexibility index (Phi) is 3.44. The molecule has 0 amide bonds. The van der Waals surface area contributed by atoms with E-state index in [0.29, 0.717) is 23.0 Å². The number of hydrogen-bond donors (Lipinski definition) is 1. The van der Waals surface area contributed by atoms with Crippen molar-refractivity contribution in [2.45, 2.75) is 23.6 Å². The Balaban J connectivity index is 2.27. The first-order chi connectivity index (χ1) is 8.23. The number of sulfonamides is 1. The zero-order valence-electron chi connectivity index (χ0n) is 10.9. The van der Waals surface area contributed by atoms with Gasteiger partial charge in [-0.1, -0.05) is 0 Å². The molecule has 1 aromatic rings. The van der Waals surface area contributed by atoms with E-state index >= 15 is 0 Å². The van der Waals surface area contributed by atoms with Crippen molar-refractivity contribution >= 4 is 27.0 Å². The van der Waals surface area contributed by atoms with E-state index in [1.165, 1.54) is 17.4 Å². The summed E-state index contributed by atoms with van der Waals surface area (Å²) in [4.78, 5) is 2.18. The lowest BCUT2D eigenvalue weighted by Crippen LogP contribution is -2.58. The fourth-order valence-corrected chi connectivity index (χ4v) is 4.81. The van der Waals surface area contributed by atoms with Crippen molar-refractivity contribution in [2.24, 2.45) is 0 Å². The monoisotopic (exact) mass is 289 g/mol. The maximum Gasteiger partial charge on any atom is 0.252 e. The molecular formula is C11H19N3O2S2. The summed E-state index contributed by atoms with van der Waals surface area (Å²) in [6.45, 7) is 5.88. The van der Waals surface area contributed by atoms with Crippen LogP contribution in [0, 0.1) is 0 Å². The van der Waals surface area contributed by atoms with Gasteiger partial charge in [0.2, 0.25) is 0 Å². The normalized spacial score (nSPS) is 22.2. The van der Waals surface area contributed by atoms with Crippen LogP contribution in [0.4, 0.5) is 5.69 Å². The maximum atomic E-state index is 12.5. The van der Waals surface area contributed by atoms with E-state index in [4.69, 9.17) is 5.73 Å². The molecule has 2 rings (SSSR count). The molecular weight excluding hydrogens is 270 g/mol. The Morgan fingerprint density at radius 1 is 1.39 bits per heavy atom. The van der Waals surface area contributed by atoms with Crippen molar-refractivity contribution in [1.29, 1.82) is 0 Å². The predicted octanol–water partition coefficient (Wildman–Crippen LogP) is 1.05. The third-order valence-corrected chi connectivity index (χ3v) is 6.75. The first-order valence-electron chi connectivity index (χ1n) is 5.79. The van der Waals surface area contributed by atoms with E-state index in [0.717, 1.165) is 6.54 Å². The number of nitrogen functional groups attached to an aromatic ring is 1.